The van der Waals surface area contributed by atoms with Crippen molar-refractivity contribution in [2.24, 2.45) is 5.41 Å². The van der Waals surface area contributed by atoms with Crippen LogP contribution in [0.1, 0.15) is 117 Å². The summed E-state index contributed by atoms with van der Waals surface area (Å²) >= 11 is 0. The van der Waals surface area contributed by atoms with Gasteiger partial charge in [-0.15, -0.1) is 0 Å². The molecule has 0 spiro atoms. The highest BCUT2D eigenvalue weighted by Gasteiger charge is 2.31. The second-order valence-corrected chi connectivity index (χ2v) is 8.63. The average molecular weight is 351 g/mol. The Morgan fingerprint density at radius 1 is 0.800 bits per heavy atom. The van der Waals surface area contributed by atoms with Crippen LogP contribution in [-0.2, 0) is 4.79 Å². The van der Waals surface area contributed by atoms with E-state index in [1.54, 1.807) is 0 Å². The summed E-state index contributed by atoms with van der Waals surface area (Å²) in [5.41, 5.74) is 2.73. The predicted molar refractivity (Wildman–Crippen MR) is 108 cm³/mol. The fourth-order valence-electron chi connectivity index (χ4n) is 4.15. The first-order valence-electron chi connectivity index (χ1n) is 10.8. The molecule has 1 N–H and O–H groups in total. The number of Topliss-reactive ketones (excluding diaryl/α,β-unsaturated/α-hetero) is 1. The lowest BCUT2D eigenvalue weighted by Crippen LogP contribution is -2.25. The third kappa shape index (κ3) is 9.03. The van der Waals surface area contributed by atoms with Crippen molar-refractivity contribution in [1.29, 1.82) is 0 Å². The zero-order chi connectivity index (χ0) is 18.5. The van der Waals surface area contributed by atoms with Gasteiger partial charge in [0.25, 0.3) is 0 Å². The van der Waals surface area contributed by atoms with Crippen molar-refractivity contribution in [2.45, 2.75) is 117 Å². The molecule has 1 aliphatic carbocycles. The maximum absolute atomic E-state index is 12.0. The van der Waals surface area contributed by atoms with Gasteiger partial charge in [0.15, 0.2) is 5.78 Å². The Labute approximate surface area is 156 Å². The maximum atomic E-state index is 12.0. The number of allylic oxidation sites excluding steroid dienone is 2. The standard InChI is InChI=1S/C23H42O2/c1-20-21(23(2,3)18-17-22(20)25)16-14-12-10-8-6-4-5-7-9-11-13-15-19-24/h24H,4-19H2,1-3H3. The molecule has 0 aromatic heterocycles. The van der Waals surface area contributed by atoms with E-state index in [0.29, 0.717) is 12.4 Å². The Balaban J connectivity index is 2.00. The first kappa shape index (κ1) is 22.4. The summed E-state index contributed by atoms with van der Waals surface area (Å²) in [7, 11) is 0. The molecule has 0 aromatic carbocycles. The van der Waals surface area contributed by atoms with E-state index in [1.807, 2.05) is 6.92 Å². The smallest absolute Gasteiger partial charge is 0.158 e. The summed E-state index contributed by atoms with van der Waals surface area (Å²) in [5, 5.41) is 8.73. The number of aliphatic hydroxyl groups is 1. The molecule has 0 radical (unpaired) electrons. The molecule has 0 aromatic rings. The van der Waals surface area contributed by atoms with E-state index in [-0.39, 0.29) is 5.41 Å². The van der Waals surface area contributed by atoms with Crippen LogP contribution in [0.5, 0.6) is 0 Å². The van der Waals surface area contributed by atoms with Crippen molar-refractivity contribution in [1.82, 2.24) is 0 Å². The van der Waals surface area contributed by atoms with Gasteiger partial charge in [0.2, 0.25) is 0 Å². The van der Waals surface area contributed by atoms with Crippen LogP contribution in [0.4, 0.5) is 0 Å². The summed E-state index contributed by atoms with van der Waals surface area (Å²) in [6.45, 7) is 7.01. The zero-order valence-electron chi connectivity index (χ0n) is 17.2. The van der Waals surface area contributed by atoms with Crippen molar-refractivity contribution in [3.05, 3.63) is 11.1 Å². The van der Waals surface area contributed by atoms with Gasteiger partial charge in [0, 0.05) is 13.0 Å². The fraction of sp³-hybridized carbons (Fsp3) is 0.870. The molecule has 0 atom stereocenters. The third-order valence-electron chi connectivity index (χ3n) is 6.00. The summed E-state index contributed by atoms with van der Waals surface area (Å²) < 4.78 is 0. The van der Waals surface area contributed by atoms with Crippen LogP contribution in [0.25, 0.3) is 0 Å². The zero-order valence-corrected chi connectivity index (χ0v) is 17.2. The molecule has 0 aliphatic heterocycles. The predicted octanol–water partition coefficient (Wildman–Crippen LogP) is 6.76. The summed E-state index contributed by atoms with van der Waals surface area (Å²) in [6.07, 6.45) is 18.4. The Hall–Kier alpha value is -0.630. The van der Waals surface area contributed by atoms with Crippen molar-refractivity contribution in [2.75, 3.05) is 6.61 Å². The first-order chi connectivity index (χ1) is 12.0. The number of hydrogen-bond donors (Lipinski definition) is 1. The van der Waals surface area contributed by atoms with E-state index < -0.39 is 0 Å². The molecule has 1 aliphatic rings. The highest BCUT2D eigenvalue weighted by molar-refractivity contribution is 5.96. The number of carbonyl (C=O) groups is 1. The normalized spacial score (nSPS) is 17.4. The lowest BCUT2D eigenvalue weighted by molar-refractivity contribution is -0.116. The van der Waals surface area contributed by atoms with Crippen LogP contribution in [0.15, 0.2) is 11.1 Å². The molecule has 0 amide bonds. The summed E-state index contributed by atoms with van der Waals surface area (Å²) in [5.74, 6) is 0.380. The molecule has 0 heterocycles. The van der Waals surface area contributed by atoms with E-state index in [0.717, 1.165) is 31.3 Å². The molecule has 2 nitrogen and oxygen atoms in total. The highest BCUT2D eigenvalue weighted by atomic mass is 16.2. The largest absolute Gasteiger partial charge is 0.396 e. The molecule has 0 bridgehead atoms. The lowest BCUT2D eigenvalue weighted by atomic mass is 9.70. The fourth-order valence-corrected chi connectivity index (χ4v) is 4.15. The van der Waals surface area contributed by atoms with E-state index in [9.17, 15) is 4.79 Å². The molecule has 1 rings (SSSR count). The molecule has 0 unspecified atom stereocenters. The van der Waals surface area contributed by atoms with Gasteiger partial charge < -0.3 is 5.11 Å². The molecule has 25 heavy (non-hydrogen) atoms. The second-order valence-electron chi connectivity index (χ2n) is 8.63. The van der Waals surface area contributed by atoms with Gasteiger partial charge in [-0.3, -0.25) is 4.79 Å². The monoisotopic (exact) mass is 350 g/mol. The van der Waals surface area contributed by atoms with Gasteiger partial charge in [0.1, 0.15) is 0 Å². The van der Waals surface area contributed by atoms with Gasteiger partial charge in [0.05, 0.1) is 0 Å². The number of unbranched alkanes of at least 4 members (excludes halogenated alkanes) is 11. The number of hydrogen-bond acceptors (Lipinski definition) is 2. The van der Waals surface area contributed by atoms with Gasteiger partial charge in [-0.25, -0.2) is 0 Å². The lowest BCUT2D eigenvalue weighted by Gasteiger charge is -2.34. The molecular formula is C23H42O2. The quantitative estimate of drug-likeness (QED) is 0.352. The number of carbonyl (C=O) groups excluding carboxylic acids is 1. The van der Waals surface area contributed by atoms with Crippen LogP contribution < -0.4 is 0 Å². The summed E-state index contributed by atoms with van der Waals surface area (Å²) in [6, 6.07) is 0. The molecule has 0 saturated heterocycles. The van der Waals surface area contributed by atoms with Crippen molar-refractivity contribution in [3.63, 3.8) is 0 Å². The van der Waals surface area contributed by atoms with Crippen LogP contribution in [0.3, 0.4) is 0 Å². The molecule has 0 saturated carbocycles. The second kappa shape index (κ2) is 12.7. The molecule has 146 valence electrons. The molecular weight excluding hydrogens is 308 g/mol. The Morgan fingerprint density at radius 3 is 1.72 bits per heavy atom. The van der Waals surface area contributed by atoms with E-state index in [1.165, 1.54) is 76.2 Å². The maximum Gasteiger partial charge on any atom is 0.158 e. The Morgan fingerprint density at radius 2 is 1.24 bits per heavy atom. The minimum absolute atomic E-state index is 0.231. The van der Waals surface area contributed by atoms with Gasteiger partial charge in [-0.2, -0.15) is 0 Å². The molecule has 0 fully saturated rings. The van der Waals surface area contributed by atoms with Crippen molar-refractivity contribution < 1.29 is 9.90 Å². The van der Waals surface area contributed by atoms with Crippen LogP contribution >= 0.6 is 0 Å². The van der Waals surface area contributed by atoms with E-state index in [4.69, 9.17) is 5.11 Å². The van der Waals surface area contributed by atoms with Crippen LogP contribution in [0, 0.1) is 5.41 Å². The SMILES string of the molecule is CC1=C(CCCCCCCCCCCCCCO)C(C)(C)CCC1=O. The van der Waals surface area contributed by atoms with Crippen molar-refractivity contribution >= 4 is 5.78 Å². The Bertz CT molecular complexity index is 406. The number of aliphatic hydroxyl groups excluding tert-OH is 1. The number of rotatable bonds is 14. The highest BCUT2D eigenvalue weighted by Crippen LogP contribution is 2.41. The average Bonchev–Trinajstić information content (AvgIpc) is 2.58. The minimum Gasteiger partial charge on any atom is -0.396 e. The minimum atomic E-state index is 0.231. The molecule has 2 heteroatoms. The van der Waals surface area contributed by atoms with Gasteiger partial charge in [-0.05, 0) is 43.6 Å². The van der Waals surface area contributed by atoms with E-state index in [2.05, 4.69) is 13.8 Å². The third-order valence-corrected chi connectivity index (χ3v) is 6.00. The first-order valence-corrected chi connectivity index (χ1v) is 10.8. The Kier molecular flexibility index (Phi) is 11.4. The van der Waals surface area contributed by atoms with Gasteiger partial charge >= 0.3 is 0 Å². The van der Waals surface area contributed by atoms with Crippen LogP contribution in [0.2, 0.25) is 0 Å². The van der Waals surface area contributed by atoms with E-state index >= 15 is 0 Å². The van der Waals surface area contributed by atoms with Gasteiger partial charge in [-0.1, -0.05) is 83.6 Å². The number of ketones is 1. The van der Waals surface area contributed by atoms with Crippen molar-refractivity contribution in [3.8, 4) is 0 Å². The topological polar surface area (TPSA) is 37.3 Å². The summed E-state index contributed by atoms with van der Waals surface area (Å²) in [4.78, 5) is 12.0. The van der Waals surface area contributed by atoms with Crippen LogP contribution in [-0.4, -0.2) is 17.5 Å².